The molecule has 2 rings (SSSR count). The number of alkyl halides is 3. The molecule has 0 spiro atoms. The van der Waals surface area contributed by atoms with Crippen LogP contribution in [0.1, 0.15) is 35.2 Å². The van der Waals surface area contributed by atoms with E-state index in [2.05, 4.69) is 5.32 Å². The molecule has 1 nitrogen and oxygen atoms in total. The summed E-state index contributed by atoms with van der Waals surface area (Å²) in [5, 5.41) is 3.27. The molecule has 1 unspecified atom stereocenters. The summed E-state index contributed by atoms with van der Waals surface area (Å²) < 4.78 is 38.0. The number of halogens is 3. The average Bonchev–Trinajstić information content (AvgIpc) is 2.45. The third-order valence-electron chi connectivity index (χ3n) is 3.52. The monoisotopic (exact) mass is 293 g/mol. The van der Waals surface area contributed by atoms with Crippen molar-refractivity contribution in [2.45, 2.75) is 32.6 Å². The Morgan fingerprint density at radius 2 is 1.76 bits per heavy atom. The first-order valence-corrected chi connectivity index (χ1v) is 6.83. The van der Waals surface area contributed by atoms with Gasteiger partial charge >= 0.3 is 6.18 Å². The summed E-state index contributed by atoms with van der Waals surface area (Å²) >= 11 is 0. The van der Waals surface area contributed by atoms with Crippen LogP contribution in [-0.4, -0.2) is 0 Å². The van der Waals surface area contributed by atoms with Gasteiger partial charge in [0.25, 0.3) is 0 Å². The highest BCUT2D eigenvalue weighted by Gasteiger charge is 2.30. The first-order valence-electron chi connectivity index (χ1n) is 6.83. The zero-order chi connectivity index (χ0) is 15.5. The Labute approximate surface area is 122 Å². The van der Waals surface area contributed by atoms with Gasteiger partial charge < -0.3 is 5.32 Å². The second-order valence-electron chi connectivity index (χ2n) is 5.16. The van der Waals surface area contributed by atoms with E-state index in [-0.39, 0.29) is 6.04 Å². The van der Waals surface area contributed by atoms with Gasteiger partial charge in [0.2, 0.25) is 0 Å². The van der Waals surface area contributed by atoms with E-state index in [1.54, 1.807) is 6.07 Å². The summed E-state index contributed by atoms with van der Waals surface area (Å²) in [7, 11) is 0. The summed E-state index contributed by atoms with van der Waals surface area (Å²) in [6, 6.07) is 13.5. The quantitative estimate of drug-likeness (QED) is 0.848. The lowest BCUT2D eigenvalue weighted by molar-refractivity contribution is -0.137. The summed E-state index contributed by atoms with van der Waals surface area (Å²) in [4.78, 5) is 0. The van der Waals surface area contributed by atoms with E-state index < -0.39 is 11.7 Å². The van der Waals surface area contributed by atoms with E-state index in [1.165, 1.54) is 17.7 Å². The molecule has 2 aromatic carbocycles. The molecule has 0 heterocycles. The highest BCUT2D eigenvalue weighted by atomic mass is 19.4. The predicted octanol–water partition coefficient (Wildman–Crippen LogP) is 4.86. The zero-order valence-corrected chi connectivity index (χ0v) is 12.0. The van der Waals surface area contributed by atoms with Gasteiger partial charge in [-0.05, 0) is 36.6 Å². The van der Waals surface area contributed by atoms with Crippen molar-refractivity contribution in [1.82, 2.24) is 5.32 Å². The van der Waals surface area contributed by atoms with Crippen LogP contribution in [0.15, 0.2) is 48.5 Å². The SMILES string of the molecule is Cc1ccccc1C(C)NCc1cccc(C(F)(F)F)c1. The summed E-state index contributed by atoms with van der Waals surface area (Å²) in [5.74, 6) is 0. The first kappa shape index (κ1) is 15.6. The Morgan fingerprint density at radius 3 is 2.43 bits per heavy atom. The lowest BCUT2D eigenvalue weighted by Crippen LogP contribution is -2.19. The van der Waals surface area contributed by atoms with E-state index in [4.69, 9.17) is 0 Å². The van der Waals surface area contributed by atoms with Gasteiger partial charge in [0.1, 0.15) is 0 Å². The molecule has 0 amide bonds. The molecule has 0 saturated heterocycles. The minimum absolute atomic E-state index is 0.0840. The Balaban J connectivity index is 2.05. The lowest BCUT2D eigenvalue weighted by atomic mass is 10.0. The minimum atomic E-state index is -4.29. The number of hydrogen-bond acceptors (Lipinski definition) is 1. The molecule has 0 radical (unpaired) electrons. The predicted molar refractivity (Wildman–Crippen MR) is 77.9 cm³/mol. The normalized spacial score (nSPS) is 13.2. The van der Waals surface area contributed by atoms with E-state index in [1.807, 2.05) is 38.1 Å². The third kappa shape index (κ3) is 4.08. The fourth-order valence-corrected chi connectivity index (χ4v) is 2.31. The Morgan fingerprint density at radius 1 is 1.05 bits per heavy atom. The van der Waals surface area contributed by atoms with Crippen LogP contribution in [0.3, 0.4) is 0 Å². The van der Waals surface area contributed by atoms with Gasteiger partial charge in [0.15, 0.2) is 0 Å². The van der Waals surface area contributed by atoms with Crippen molar-refractivity contribution in [3.8, 4) is 0 Å². The second-order valence-corrected chi connectivity index (χ2v) is 5.16. The summed E-state index contributed by atoms with van der Waals surface area (Å²) in [6.07, 6.45) is -4.29. The summed E-state index contributed by atoms with van der Waals surface area (Å²) in [5.41, 5.74) is 2.35. The van der Waals surface area contributed by atoms with Crippen molar-refractivity contribution in [2.24, 2.45) is 0 Å². The Hall–Kier alpha value is -1.81. The fourth-order valence-electron chi connectivity index (χ4n) is 2.31. The van der Waals surface area contributed by atoms with Gasteiger partial charge in [-0.3, -0.25) is 0 Å². The molecule has 0 fully saturated rings. The van der Waals surface area contributed by atoms with Gasteiger partial charge in [-0.2, -0.15) is 13.2 Å². The van der Waals surface area contributed by atoms with Crippen molar-refractivity contribution in [3.63, 3.8) is 0 Å². The van der Waals surface area contributed by atoms with Crippen LogP contribution >= 0.6 is 0 Å². The smallest absolute Gasteiger partial charge is 0.306 e. The molecular formula is C17H18F3N. The van der Waals surface area contributed by atoms with Gasteiger partial charge in [-0.25, -0.2) is 0 Å². The number of aryl methyl sites for hydroxylation is 1. The first-order chi connectivity index (χ1) is 9.88. The van der Waals surface area contributed by atoms with Crippen molar-refractivity contribution >= 4 is 0 Å². The third-order valence-corrected chi connectivity index (χ3v) is 3.52. The lowest BCUT2D eigenvalue weighted by Gasteiger charge is -2.17. The molecule has 0 aromatic heterocycles. The maximum absolute atomic E-state index is 12.7. The van der Waals surface area contributed by atoms with Crippen LogP contribution in [0.5, 0.6) is 0 Å². The fraction of sp³-hybridized carbons (Fsp3) is 0.294. The molecule has 21 heavy (non-hydrogen) atoms. The van der Waals surface area contributed by atoms with Crippen LogP contribution in [0.2, 0.25) is 0 Å². The Bertz CT molecular complexity index is 605. The molecule has 1 atom stereocenters. The van der Waals surface area contributed by atoms with E-state index in [0.29, 0.717) is 12.1 Å². The van der Waals surface area contributed by atoms with Crippen LogP contribution in [0.25, 0.3) is 0 Å². The molecule has 0 aliphatic carbocycles. The van der Waals surface area contributed by atoms with Crippen molar-refractivity contribution in [3.05, 3.63) is 70.8 Å². The summed E-state index contributed by atoms with van der Waals surface area (Å²) in [6.45, 7) is 4.44. The Kier molecular flexibility index (Phi) is 4.68. The molecule has 0 aliphatic rings. The van der Waals surface area contributed by atoms with Gasteiger partial charge in [-0.15, -0.1) is 0 Å². The molecule has 2 aromatic rings. The molecule has 112 valence electrons. The number of benzene rings is 2. The number of nitrogens with one attached hydrogen (secondary N) is 1. The molecule has 0 bridgehead atoms. The van der Waals surface area contributed by atoms with Crippen molar-refractivity contribution in [1.29, 1.82) is 0 Å². The molecule has 0 aliphatic heterocycles. The zero-order valence-electron chi connectivity index (χ0n) is 12.0. The van der Waals surface area contributed by atoms with Crippen LogP contribution < -0.4 is 5.32 Å². The molecule has 4 heteroatoms. The number of rotatable bonds is 4. The average molecular weight is 293 g/mol. The van der Waals surface area contributed by atoms with Crippen molar-refractivity contribution in [2.75, 3.05) is 0 Å². The highest BCUT2D eigenvalue weighted by Crippen LogP contribution is 2.29. The van der Waals surface area contributed by atoms with Crippen LogP contribution in [0.4, 0.5) is 13.2 Å². The van der Waals surface area contributed by atoms with E-state index >= 15 is 0 Å². The maximum Gasteiger partial charge on any atom is 0.416 e. The van der Waals surface area contributed by atoms with E-state index in [0.717, 1.165) is 11.6 Å². The molecule has 1 N–H and O–H groups in total. The van der Waals surface area contributed by atoms with E-state index in [9.17, 15) is 13.2 Å². The largest absolute Gasteiger partial charge is 0.416 e. The minimum Gasteiger partial charge on any atom is -0.306 e. The molecule has 0 saturated carbocycles. The van der Waals surface area contributed by atoms with Crippen LogP contribution in [-0.2, 0) is 12.7 Å². The van der Waals surface area contributed by atoms with Gasteiger partial charge in [0.05, 0.1) is 5.56 Å². The number of hydrogen-bond donors (Lipinski definition) is 1. The van der Waals surface area contributed by atoms with Gasteiger partial charge in [0, 0.05) is 12.6 Å². The second kappa shape index (κ2) is 6.31. The highest BCUT2D eigenvalue weighted by molar-refractivity contribution is 5.29. The van der Waals surface area contributed by atoms with Crippen LogP contribution in [0, 0.1) is 6.92 Å². The van der Waals surface area contributed by atoms with Crippen molar-refractivity contribution < 1.29 is 13.2 Å². The molecular weight excluding hydrogens is 275 g/mol. The standard InChI is InChI=1S/C17H18F3N/c1-12-6-3-4-9-16(12)13(2)21-11-14-7-5-8-15(10-14)17(18,19)20/h3-10,13,21H,11H2,1-2H3. The van der Waals surface area contributed by atoms with Gasteiger partial charge in [-0.1, -0.05) is 42.5 Å². The topological polar surface area (TPSA) is 12.0 Å². The maximum atomic E-state index is 12.7.